The number of aliphatic imine (C=N–C) groups is 1. The second kappa shape index (κ2) is 10.7. The smallest absolute Gasteiger partial charge is 0.387 e. The summed E-state index contributed by atoms with van der Waals surface area (Å²) in [5, 5.41) is 10.4. The third kappa shape index (κ3) is 7.38. The number of nitrogens with zero attached hydrogens (tertiary/aromatic N) is 3. The first-order chi connectivity index (χ1) is 12.7. The Labute approximate surface area is 184 Å². The summed E-state index contributed by atoms with van der Waals surface area (Å²) >= 11 is 5.94. The minimum absolute atomic E-state index is 0. The highest BCUT2D eigenvalue weighted by molar-refractivity contribution is 14.0. The standard InChI is InChI=1S/C17H22ClF2N5O2.HI/c1-17(2,3)14-24-13(25-27-14)9-23-16(21-4)22-8-10-7-11(18)5-6-12(10)26-15(19)20;/h5-7,15H,8-9H2,1-4H3,(H2,21,22,23);1H. The van der Waals surface area contributed by atoms with Crippen LogP contribution in [0.4, 0.5) is 8.78 Å². The summed E-state index contributed by atoms with van der Waals surface area (Å²) in [6.07, 6.45) is 0. The minimum atomic E-state index is -2.92. The Hall–Kier alpha value is -1.69. The molecule has 156 valence electrons. The largest absolute Gasteiger partial charge is 0.434 e. The lowest BCUT2D eigenvalue weighted by atomic mass is 9.97. The van der Waals surface area contributed by atoms with Crippen LogP contribution in [0.1, 0.15) is 38.0 Å². The Morgan fingerprint density at radius 1 is 1.29 bits per heavy atom. The summed E-state index contributed by atoms with van der Waals surface area (Å²) < 4.78 is 34.8. The number of ether oxygens (including phenoxy) is 1. The van der Waals surface area contributed by atoms with E-state index in [1.54, 1.807) is 13.1 Å². The average Bonchev–Trinajstić information content (AvgIpc) is 3.06. The van der Waals surface area contributed by atoms with Gasteiger partial charge in [-0.15, -0.1) is 24.0 Å². The van der Waals surface area contributed by atoms with Crippen molar-refractivity contribution in [1.29, 1.82) is 0 Å². The van der Waals surface area contributed by atoms with Crippen molar-refractivity contribution in [1.82, 2.24) is 20.8 Å². The van der Waals surface area contributed by atoms with Crippen molar-refractivity contribution in [2.24, 2.45) is 4.99 Å². The zero-order valence-corrected chi connectivity index (χ0v) is 19.0. The van der Waals surface area contributed by atoms with Crippen molar-refractivity contribution in [2.75, 3.05) is 7.05 Å². The van der Waals surface area contributed by atoms with E-state index in [1.165, 1.54) is 12.1 Å². The molecule has 11 heteroatoms. The molecule has 0 aliphatic carbocycles. The Morgan fingerprint density at radius 2 is 1.96 bits per heavy atom. The maximum Gasteiger partial charge on any atom is 0.387 e. The Balaban J connectivity index is 0.00000392. The molecule has 0 saturated heterocycles. The number of guanidine groups is 1. The number of nitrogens with one attached hydrogen (secondary N) is 2. The van der Waals surface area contributed by atoms with Crippen molar-refractivity contribution in [2.45, 2.75) is 45.9 Å². The van der Waals surface area contributed by atoms with Gasteiger partial charge < -0.3 is 19.9 Å². The maximum atomic E-state index is 12.5. The predicted molar refractivity (Wildman–Crippen MR) is 114 cm³/mol. The fourth-order valence-electron chi connectivity index (χ4n) is 2.09. The molecule has 0 bridgehead atoms. The van der Waals surface area contributed by atoms with Crippen LogP contribution < -0.4 is 15.4 Å². The Kier molecular flexibility index (Phi) is 9.34. The number of alkyl halides is 2. The van der Waals surface area contributed by atoms with Crippen molar-refractivity contribution < 1.29 is 18.0 Å². The fourth-order valence-corrected chi connectivity index (χ4v) is 2.28. The molecule has 0 saturated carbocycles. The first-order valence-corrected chi connectivity index (χ1v) is 8.57. The molecule has 1 aromatic heterocycles. The summed E-state index contributed by atoms with van der Waals surface area (Å²) in [5.41, 5.74) is 0.235. The SMILES string of the molecule is CN=C(NCc1noc(C(C)(C)C)n1)NCc1cc(Cl)ccc1OC(F)F.I. The molecule has 1 heterocycles. The lowest BCUT2D eigenvalue weighted by molar-refractivity contribution is -0.0504. The van der Waals surface area contributed by atoms with Crippen molar-refractivity contribution >= 4 is 41.5 Å². The number of halogens is 4. The van der Waals surface area contributed by atoms with Gasteiger partial charge in [0.05, 0.1) is 6.54 Å². The number of hydrogen-bond donors (Lipinski definition) is 2. The van der Waals surface area contributed by atoms with Gasteiger partial charge in [-0.1, -0.05) is 37.5 Å². The summed E-state index contributed by atoms with van der Waals surface area (Å²) in [6.45, 7) is 3.47. The lowest BCUT2D eigenvalue weighted by Gasteiger charge is -2.14. The highest BCUT2D eigenvalue weighted by Crippen LogP contribution is 2.24. The zero-order valence-electron chi connectivity index (χ0n) is 15.9. The van der Waals surface area contributed by atoms with E-state index in [1.807, 2.05) is 20.8 Å². The molecule has 0 fully saturated rings. The third-order valence-electron chi connectivity index (χ3n) is 3.43. The minimum Gasteiger partial charge on any atom is -0.434 e. The zero-order chi connectivity index (χ0) is 20.0. The van der Waals surface area contributed by atoms with Crippen molar-refractivity contribution in [3.05, 3.63) is 40.5 Å². The van der Waals surface area contributed by atoms with E-state index in [0.29, 0.717) is 28.3 Å². The molecular formula is C17H23ClF2IN5O2. The predicted octanol–water partition coefficient (Wildman–Crippen LogP) is 4.11. The molecule has 7 nitrogen and oxygen atoms in total. The molecule has 1 aromatic carbocycles. The van der Waals surface area contributed by atoms with Crippen LogP contribution in [-0.2, 0) is 18.5 Å². The van der Waals surface area contributed by atoms with Crippen molar-refractivity contribution in [3.8, 4) is 5.75 Å². The number of aromatic nitrogens is 2. The van der Waals surface area contributed by atoms with Crippen molar-refractivity contribution in [3.63, 3.8) is 0 Å². The van der Waals surface area contributed by atoms with Gasteiger partial charge in [0.2, 0.25) is 5.89 Å². The molecule has 28 heavy (non-hydrogen) atoms. The van der Waals surface area contributed by atoms with Gasteiger partial charge >= 0.3 is 6.61 Å². The Morgan fingerprint density at radius 3 is 2.54 bits per heavy atom. The van der Waals surface area contributed by atoms with Gasteiger partial charge in [-0.2, -0.15) is 13.8 Å². The monoisotopic (exact) mass is 529 g/mol. The van der Waals surface area contributed by atoms with Gasteiger partial charge in [0.25, 0.3) is 0 Å². The van der Waals surface area contributed by atoms with Crippen LogP contribution in [0.5, 0.6) is 5.75 Å². The van der Waals surface area contributed by atoms with Gasteiger partial charge in [0.15, 0.2) is 11.8 Å². The number of rotatable bonds is 6. The molecule has 0 aliphatic heterocycles. The van der Waals surface area contributed by atoms with Gasteiger partial charge in [0.1, 0.15) is 5.75 Å². The molecule has 2 rings (SSSR count). The van der Waals surface area contributed by atoms with E-state index in [-0.39, 0.29) is 48.2 Å². The van der Waals surface area contributed by atoms with Crippen LogP contribution in [0, 0.1) is 0 Å². The van der Waals surface area contributed by atoms with Crippen LogP contribution in [0.3, 0.4) is 0 Å². The van der Waals surface area contributed by atoms with Crippen LogP contribution >= 0.6 is 35.6 Å². The first kappa shape index (κ1) is 24.3. The number of benzene rings is 1. The van der Waals surface area contributed by atoms with Gasteiger partial charge in [-0.25, -0.2) is 0 Å². The highest BCUT2D eigenvalue weighted by atomic mass is 127. The number of hydrogen-bond acceptors (Lipinski definition) is 5. The molecule has 0 unspecified atom stereocenters. The molecule has 0 amide bonds. The summed E-state index contributed by atoms with van der Waals surface area (Å²) in [5.74, 6) is 1.49. The van der Waals surface area contributed by atoms with Gasteiger partial charge in [-0.05, 0) is 18.2 Å². The third-order valence-corrected chi connectivity index (χ3v) is 3.67. The van der Waals surface area contributed by atoms with Crippen LogP contribution in [-0.4, -0.2) is 29.8 Å². The molecule has 0 aliphatic rings. The molecule has 0 atom stereocenters. The normalized spacial score (nSPS) is 11.9. The molecule has 0 spiro atoms. The molecular weight excluding hydrogens is 507 g/mol. The van der Waals surface area contributed by atoms with Crippen LogP contribution in [0.15, 0.2) is 27.7 Å². The van der Waals surface area contributed by atoms with E-state index >= 15 is 0 Å². The highest BCUT2D eigenvalue weighted by Gasteiger charge is 2.21. The van der Waals surface area contributed by atoms with Gasteiger partial charge in [0, 0.05) is 29.6 Å². The van der Waals surface area contributed by atoms with E-state index < -0.39 is 6.61 Å². The topological polar surface area (TPSA) is 84.6 Å². The van der Waals surface area contributed by atoms with Gasteiger partial charge in [-0.3, -0.25) is 4.99 Å². The fraction of sp³-hybridized carbons (Fsp3) is 0.471. The second-order valence-electron chi connectivity index (χ2n) is 6.68. The van der Waals surface area contributed by atoms with Crippen LogP contribution in [0.25, 0.3) is 0 Å². The summed E-state index contributed by atoms with van der Waals surface area (Å²) in [7, 11) is 1.58. The van der Waals surface area contributed by atoms with E-state index in [0.717, 1.165) is 0 Å². The van der Waals surface area contributed by atoms with E-state index in [4.69, 9.17) is 16.1 Å². The molecule has 0 radical (unpaired) electrons. The summed E-state index contributed by atoms with van der Waals surface area (Å²) in [6, 6.07) is 4.43. The van der Waals surface area contributed by atoms with Crippen LogP contribution in [0.2, 0.25) is 5.02 Å². The van der Waals surface area contributed by atoms with E-state index in [9.17, 15) is 8.78 Å². The summed E-state index contributed by atoms with van der Waals surface area (Å²) in [4.78, 5) is 8.39. The lowest BCUT2D eigenvalue weighted by Crippen LogP contribution is -2.36. The Bertz CT molecular complexity index is 796. The first-order valence-electron chi connectivity index (χ1n) is 8.20. The molecule has 2 N–H and O–H groups in total. The van der Waals surface area contributed by atoms with E-state index in [2.05, 4.69) is 30.5 Å². The average molecular weight is 530 g/mol. The second-order valence-corrected chi connectivity index (χ2v) is 7.11. The molecule has 2 aromatic rings. The maximum absolute atomic E-state index is 12.5. The quantitative estimate of drug-likeness (QED) is 0.333.